The molecule has 0 spiro atoms. The first kappa shape index (κ1) is 32.8. The summed E-state index contributed by atoms with van der Waals surface area (Å²) in [7, 11) is 0. The Morgan fingerprint density at radius 3 is 2.47 bits per heavy atom. The lowest BCUT2D eigenvalue weighted by Crippen LogP contribution is -2.61. The van der Waals surface area contributed by atoms with Gasteiger partial charge in [0.2, 0.25) is 11.8 Å². The molecule has 2 aromatic carbocycles. The normalized spacial score (nSPS) is 21.9. The molecule has 45 heavy (non-hydrogen) atoms. The summed E-state index contributed by atoms with van der Waals surface area (Å²) < 4.78 is 0. The Morgan fingerprint density at radius 1 is 1.00 bits per heavy atom. The molecule has 1 aliphatic heterocycles. The summed E-state index contributed by atoms with van der Waals surface area (Å²) in [5, 5.41) is 28.5. The quantitative estimate of drug-likeness (QED) is 0.263. The lowest BCUT2D eigenvalue weighted by molar-refractivity contribution is -0.132. The van der Waals surface area contributed by atoms with E-state index in [2.05, 4.69) is 25.4 Å². The van der Waals surface area contributed by atoms with E-state index in [4.69, 9.17) is 0 Å². The van der Waals surface area contributed by atoms with E-state index in [0.717, 1.165) is 28.8 Å². The molecule has 9 nitrogen and oxygen atoms in total. The number of amides is 2. The van der Waals surface area contributed by atoms with Crippen LogP contribution in [0.3, 0.4) is 0 Å². The van der Waals surface area contributed by atoms with Gasteiger partial charge in [0.1, 0.15) is 6.04 Å². The first-order valence-corrected chi connectivity index (χ1v) is 16.0. The van der Waals surface area contributed by atoms with E-state index in [-0.39, 0.29) is 24.8 Å². The number of rotatable bonds is 11. The highest BCUT2D eigenvalue weighted by Crippen LogP contribution is 2.32. The summed E-state index contributed by atoms with van der Waals surface area (Å²) in [4.78, 5) is 35.9. The van der Waals surface area contributed by atoms with Crippen LogP contribution >= 0.6 is 0 Å². The number of nitrogens with zero attached hydrogens (tertiary/aromatic N) is 3. The van der Waals surface area contributed by atoms with Crippen molar-refractivity contribution in [2.45, 2.75) is 76.4 Å². The largest absolute Gasteiger partial charge is 0.392 e. The van der Waals surface area contributed by atoms with Crippen LogP contribution in [0.1, 0.15) is 55.5 Å². The zero-order valence-electron chi connectivity index (χ0n) is 26.6. The van der Waals surface area contributed by atoms with Crippen LogP contribution in [0.4, 0.5) is 0 Å². The monoisotopic (exact) mass is 613 g/mol. The molecule has 2 aliphatic rings. The van der Waals surface area contributed by atoms with Gasteiger partial charge in [-0.15, -0.1) is 0 Å². The second kappa shape index (κ2) is 14.6. The van der Waals surface area contributed by atoms with Crippen molar-refractivity contribution < 1.29 is 19.8 Å². The van der Waals surface area contributed by atoms with Crippen molar-refractivity contribution in [1.82, 2.24) is 25.4 Å². The van der Waals surface area contributed by atoms with Gasteiger partial charge < -0.3 is 20.8 Å². The van der Waals surface area contributed by atoms with E-state index >= 15 is 0 Å². The van der Waals surface area contributed by atoms with E-state index in [1.54, 1.807) is 6.20 Å². The average molecular weight is 614 g/mol. The first-order chi connectivity index (χ1) is 21.6. The molecule has 9 heteroatoms. The van der Waals surface area contributed by atoms with Gasteiger partial charge in [-0.2, -0.15) is 0 Å². The topological polar surface area (TPSA) is 118 Å². The van der Waals surface area contributed by atoms with Crippen LogP contribution < -0.4 is 10.6 Å². The summed E-state index contributed by atoms with van der Waals surface area (Å²) >= 11 is 0. The first-order valence-electron chi connectivity index (χ1n) is 16.0. The second-order valence-corrected chi connectivity index (χ2v) is 13.6. The number of carbonyl (C=O) groups excluding carboxylic acids is 2. The van der Waals surface area contributed by atoms with Gasteiger partial charge >= 0.3 is 0 Å². The number of aliphatic hydroxyl groups is 2. The molecule has 1 fully saturated rings. The molecule has 1 aromatic heterocycles. The molecule has 0 saturated carbocycles. The van der Waals surface area contributed by atoms with Crippen molar-refractivity contribution in [1.29, 1.82) is 0 Å². The number of hydrogen-bond donors (Lipinski definition) is 4. The molecule has 240 valence electrons. The molecule has 1 unspecified atom stereocenters. The fourth-order valence-corrected chi connectivity index (χ4v) is 6.56. The molecule has 5 rings (SSSR count). The standard InChI is InChI=1S/C36H47N5O4/c1-36(2,3)39-35(45)31-24-40(22-26-12-9-15-37-21-26)16-17-41(31)23-29(42)19-28(18-25-10-5-4-6-11-25)34(44)38-33-30-14-8-7-13-27(30)20-32(33)43/h4-15,21,28-29,31-33,42-43H,16-20,22-24H2,1-3H3,(H,38,44)(H,39,45)/t28-,29-,31+,32-,33?/m1/s1. The number of aromatic nitrogens is 1. The van der Waals surface area contributed by atoms with Crippen LogP contribution in [0.25, 0.3) is 0 Å². The van der Waals surface area contributed by atoms with Crippen LogP contribution in [0.5, 0.6) is 0 Å². The molecule has 0 radical (unpaired) electrons. The van der Waals surface area contributed by atoms with Gasteiger partial charge in [0.05, 0.1) is 18.2 Å². The van der Waals surface area contributed by atoms with E-state index in [1.165, 1.54) is 0 Å². The summed E-state index contributed by atoms with van der Waals surface area (Å²) in [5.74, 6) is -0.781. The molecule has 2 amide bonds. The van der Waals surface area contributed by atoms with Gasteiger partial charge in [0, 0.05) is 63.0 Å². The Kier molecular flexibility index (Phi) is 10.7. The van der Waals surface area contributed by atoms with Gasteiger partial charge in [-0.25, -0.2) is 0 Å². The third-order valence-corrected chi connectivity index (χ3v) is 8.70. The second-order valence-electron chi connectivity index (χ2n) is 13.6. The fourth-order valence-electron chi connectivity index (χ4n) is 6.56. The molecule has 2 heterocycles. The summed E-state index contributed by atoms with van der Waals surface area (Å²) in [5.41, 5.74) is 3.68. The maximum absolute atomic E-state index is 13.8. The van der Waals surface area contributed by atoms with Crippen molar-refractivity contribution in [3.63, 3.8) is 0 Å². The molecular formula is C36H47N5O4. The highest BCUT2D eigenvalue weighted by molar-refractivity contribution is 5.83. The van der Waals surface area contributed by atoms with Gasteiger partial charge in [-0.05, 0) is 61.9 Å². The highest BCUT2D eigenvalue weighted by Gasteiger charge is 2.37. The number of hydrogen-bond acceptors (Lipinski definition) is 7. The Bertz CT molecular complexity index is 1410. The van der Waals surface area contributed by atoms with E-state index < -0.39 is 35.7 Å². The number of benzene rings is 2. The lowest BCUT2D eigenvalue weighted by atomic mass is 9.91. The van der Waals surface area contributed by atoms with Crippen molar-refractivity contribution >= 4 is 11.8 Å². The Morgan fingerprint density at radius 2 is 1.73 bits per heavy atom. The maximum Gasteiger partial charge on any atom is 0.239 e. The number of pyridine rings is 1. The number of piperazine rings is 1. The van der Waals surface area contributed by atoms with Crippen LogP contribution in [-0.2, 0) is 29.0 Å². The Labute approximate surface area is 266 Å². The fraction of sp³-hybridized carbons (Fsp3) is 0.472. The minimum atomic E-state index is -0.833. The third kappa shape index (κ3) is 8.98. The van der Waals surface area contributed by atoms with E-state index in [0.29, 0.717) is 32.5 Å². The van der Waals surface area contributed by atoms with Crippen LogP contribution in [0.2, 0.25) is 0 Å². The SMILES string of the molecule is CC(C)(C)NC(=O)[C@@H]1CN(Cc2cccnc2)CCN1C[C@H](O)C[C@@H](Cc1ccccc1)C(=O)NC1c2ccccc2C[C@H]1O. The zero-order chi connectivity index (χ0) is 32.0. The average Bonchev–Trinajstić information content (AvgIpc) is 3.32. The number of carbonyl (C=O) groups is 2. The smallest absolute Gasteiger partial charge is 0.239 e. The molecule has 1 aliphatic carbocycles. The molecular weight excluding hydrogens is 566 g/mol. The van der Waals surface area contributed by atoms with E-state index in [1.807, 2.05) is 93.7 Å². The Balaban J connectivity index is 1.29. The summed E-state index contributed by atoms with van der Waals surface area (Å²) in [6.07, 6.45) is 3.26. The van der Waals surface area contributed by atoms with Gasteiger partial charge in [0.15, 0.2) is 0 Å². The summed E-state index contributed by atoms with van der Waals surface area (Å²) in [6, 6.07) is 20.6. The lowest BCUT2D eigenvalue weighted by Gasteiger charge is -2.42. The van der Waals surface area contributed by atoms with Crippen molar-refractivity contribution in [2.24, 2.45) is 5.92 Å². The van der Waals surface area contributed by atoms with Crippen LogP contribution in [-0.4, -0.2) is 86.8 Å². The number of β-amino-alcohol motifs (C(OH)–C–C–N with tert-alkyl or cyclic N) is 1. The Hall–Kier alpha value is -3.63. The van der Waals surface area contributed by atoms with Gasteiger partial charge in [-0.3, -0.25) is 24.4 Å². The molecule has 1 saturated heterocycles. The summed E-state index contributed by atoms with van der Waals surface area (Å²) in [6.45, 7) is 8.74. The molecule has 3 aromatic rings. The molecule has 4 N–H and O–H groups in total. The van der Waals surface area contributed by atoms with Crippen LogP contribution in [0.15, 0.2) is 79.1 Å². The molecule has 5 atom stereocenters. The minimum absolute atomic E-state index is 0.0712. The number of fused-ring (bicyclic) bond motifs is 1. The molecule has 0 bridgehead atoms. The zero-order valence-corrected chi connectivity index (χ0v) is 26.6. The highest BCUT2D eigenvalue weighted by atomic mass is 16.3. The van der Waals surface area contributed by atoms with Crippen molar-refractivity contribution in [3.05, 3.63) is 101 Å². The van der Waals surface area contributed by atoms with Gasteiger partial charge in [-0.1, -0.05) is 60.7 Å². The predicted octanol–water partition coefficient (Wildman–Crippen LogP) is 2.87. The third-order valence-electron chi connectivity index (χ3n) is 8.70. The van der Waals surface area contributed by atoms with Crippen LogP contribution in [0, 0.1) is 5.92 Å². The van der Waals surface area contributed by atoms with Crippen molar-refractivity contribution in [2.75, 3.05) is 26.2 Å². The minimum Gasteiger partial charge on any atom is -0.392 e. The van der Waals surface area contributed by atoms with Crippen molar-refractivity contribution in [3.8, 4) is 0 Å². The predicted molar refractivity (Wildman–Crippen MR) is 174 cm³/mol. The van der Waals surface area contributed by atoms with Gasteiger partial charge in [0.25, 0.3) is 0 Å². The number of aliphatic hydroxyl groups excluding tert-OH is 2. The van der Waals surface area contributed by atoms with E-state index in [9.17, 15) is 19.8 Å². The number of nitrogens with one attached hydrogen (secondary N) is 2. The maximum atomic E-state index is 13.8.